The SMILES string of the molecule is C/C(=N/N1CC[NH+](Cc2ccccc2Cl)CC1)c1ccc([N+](=O)[O-])cc1. The maximum absolute atomic E-state index is 10.7. The molecule has 0 atom stereocenters. The lowest BCUT2D eigenvalue weighted by molar-refractivity contribution is -0.918. The van der Waals surface area contributed by atoms with E-state index in [4.69, 9.17) is 11.6 Å². The molecule has 1 N–H and O–H groups in total. The van der Waals surface area contributed by atoms with Gasteiger partial charge in [-0.2, -0.15) is 5.10 Å². The molecule has 1 saturated heterocycles. The first-order valence-electron chi connectivity index (χ1n) is 8.65. The maximum atomic E-state index is 10.7. The van der Waals surface area contributed by atoms with Crippen molar-refractivity contribution < 1.29 is 9.82 Å². The average molecular weight is 374 g/mol. The van der Waals surface area contributed by atoms with Crippen molar-refractivity contribution in [2.45, 2.75) is 13.5 Å². The average Bonchev–Trinajstić information content (AvgIpc) is 2.65. The number of hydrogen-bond donors (Lipinski definition) is 1. The number of non-ortho nitro benzene ring substituents is 1. The Kier molecular flexibility index (Phi) is 5.85. The number of hydrazone groups is 1. The predicted molar refractivity (Wildman–Crippen MR) is 103 cm³/mol. The van der Waals surface area contributed by atoms with Crippen LogP contribution in [0, 0.1) is 10.1 Å². The lowest BCUT2D eigenvalue weighted by Gasteiger charge is -2.31. The highest BCUT2D eigenvalue weighted by Gasteiger charge is 2.20. The standard InChI is InChI=1S/C19H21ClN4O2/c1-15(16-6-8-18(9-7-16)24(25)26)21-23-12-10-22(11-13-23)14-17-4-2-3-5-19(17)20/h2-9H,10-14H2,1H3/p+1/b21-15-. The number of piperazine rings is 1. The van der Waals surface area contributed by atoms with Gasteiger partial charge in [-0.05, 0) is 30.7 Å². The van der Waals surface area contributed by atoms with Gasteiger partial charge in [0.1, 0.15) is 6.54 Å². The second-order valence-electron chi connectivity index (χ2n) is 6.46. The number of hydrogen-bond acceptors (Lipinski definition) is 4. The molecule has 1 aliphatic rings. The molecule has 7 heteroatoms. The molecule has 2 aromatic rings. The molecule has 1 heterocycles. The maximum Gasteiger partial charge on any atom is 0.269 e. The zero-order chi connectivity index (χ0) is 18.5. The van der Waals surface area contributed by atoms with Crippen LogP contribution in [0.4, 0.5) is 5.69 Å². The molecule has 26 heavy (non-hydrogen) atoms. The van der Waals surface area contributed by atoms with E-state index in [1.54, 1.807) is 12.1 Å². The van der Waals surface area contributed by atoms with Crippen LogP contribution in [-0.4, -0.2) is 41.8 Å². The minimum absolute atomic E-state index is 0.0957. The molecule has 0 radical (unpaired) electrons. The number of nitrogens with one attached hydrogen (secondary N) is 1. The number of nitro groups is 1. The predicted octanol–water partition coefficient (Wildman–Crippen LogP) is 2.37. The van der Waals surface area contributed by atoms with Crippen LogP contribution in [0.15, 0.2) is 53.6 Å². The van der Waals surface area contributed by atoms with Crippen molar-refractivity contribution in [2.75, 3.05) is 26.2 Å². The molecule has 0 bridgehead atoms. The lowest BCUT2D eigenvalue weighted by atomic mass is 10.1. The van der Waals surface area contributed by atoms with Gasteiger partial charge in [-0.25, -0.2) is 0 Å². The molecule has 1 fully saturated rings. The normalized spacial score (nSPS) is 15.9. The van der Waals surface area contributed by atoms with E-state index in [1.165, 1.54) is 22.6 Å². The summed E-state index contributed by atoms with van der Waals surface area (Å²) in [5.74, 6) is 0. The summed E-state index contributed by atoms with van der Waals surface area (Å²) in [6.45, 7) is 6.63. The summed E-state index contributed by atoms with van der Waals surface area (Å²) < 4.78 is 0. The first-order chi connectivity index (χ1) is 12.5. The molecule has 6 nitrogen and oxygen atoms in total. The van der Waals surface area contributed by atoms with E-state index in [1.807, 2.05) is 25.1 Å². The van der Waals surface area contributed by atoms with Crippen molar-refractivity contribution in [3.8, 4) is 0 Å². The van der Waals surface area contributed by atoms with E-state index < -0.39 is 4.92 Å². The fraction of sp³-hybridized carbons (Fsp3) is 0.316. The van der Waals surface area contributed by atoms with Crippen LogP contribution in [0.2, 0.25) is 5.02 Å². The summed E-state index contributed by atoms with van der Waals surface area (Å²) in [4.78, 5) is 11.8. The van der Waals surface area contributed by atoms with Gasteiger partial charge in [0, 0.05) is 22.7 Å². The van der Waals surface area contributed by atoms with Crippen LogP contribution in [-0.2, 0) is 6.54 Å². The number of nitro benzene ring substituents is 1. The van der Waals surface area contributed by atoms with Gasteiger partial charge < -0.3 is 4.90 Å². The second kappa shape index (κ2) is 8.29. The third-order valence-corrected chi connectivity index (χ3v) is 5.00. The van der Waals surface area contributed by atoms with Crippen LogP contribution < -0.4 is 4.90 Å². The van der Waals surface area contributed by atoms with E-state index in [-0.39, 0.29) is 5.69 Å². The third-order valence-electron chi connectivity index (χ3n) is 4.63. The molecule has 0 aliphatic carbocycles. The highest BCUT2D eigenvalue weighted by Crippen LogP contribution is 2.14. The summed E-state index contributed by atoms with van der Waals surface area (Å²) in [5, 5.41) is 18.3. The molecule has 3 rings (SSSR count). The highest BCUT2D eigenvalue weighted by atomic mass is 35.5. The molecule has 0 aromatic heterocycles. The topological polar surface area (TPSA) is 63.2 Å². The molecule has 0 saturated carbocycles. The van der Waals surface area contributed by atoms with E-state index in [9.17, 15) is 10.1 Å². The lowest BCUT2D eigenvalue weighted by Crippen LogP contribution is -3.13. The summed E-state index contributed by atoms with van der Waals surface area (Å²) in [7, 11) is 0. The zero-order valence-corrected chi connectivity index (χ0v) is 15.4. The number of rotatable bonds is 5. The Balaban J connectivity index is 1.56. The molecule has 1 aliphatic heterocycles. The minimum Gasteiger partial charge on any atom is -0.328 e. The zero-order valence-electron chi connectivity index (χ0n) is 14.7. The van der Waals surface area contributed by atoms with Gasteiger partial charge in [-0.1, -0.05) is 29.8 Å². The van der Waals surface area contributed by atoms with Crippen LogP contribution >= 0.6 is 11.6 Å². The van der Waals surface area contributed by atoms with Crippen LogP contribution in [0.5, 0.6) is 0 Å². The Labute approximate surface area is 157 Å². The monoisotopic (exact) mass is 373 g/mol. The number of nitrogens with zero attached hydrogens (tertiary/aromatic N) is 3. The molecule has 136 valence electrons. The molecule has 0 unspecified atom stereocenters. The molecule has 0 amide bonds. The van der Waals surface area contributed by atoms with E-state index in [2.05, 4.69) is 16.2 Å². The van der Waals surface area contributed by atoms with Gasteiger partial charge in [0.15, 0.2) is 0 Å². The van der Waals surface area contributed by atoms with E-state index in [0.29, 0.717) is 0 Å². The number of quaternary nitrogens is 1. The minimum atomic E-state index is -0.392. The molecular formula is C19H22ClN4O2+. The fourth-order valence-electron chi connectivity index (χ4n) is 3.09. The van der Waals surface area contributed by atoms with Crippen molar-refractivity contribution in [1.29, 1.82) is 0 Å². The molecule has 2 aromatic carbocycles. The van der Waals surface area contributed by atoms with Gasteiger partial charge in [0.05, 0.1) is 36.8 Å². The molecular weight excluding hydrogens is 352 g/mol. The number of halogens is 1. The van der Waals surface area contributed by atoms with Crippen molar-refractivity contribution in [3.63, 3.8) is 0 Å². The first-order valence-corrected chi connectivity index (χ1v) is 9.02. The first kappa shape index (κ1) is 18.4. The Morgan fingerprint density at radius 3 is 2.46 bits per heavy atom. The van der Waals surface area contributed by atoms with Crippen molar-refractivity contribution in [3.05, 3.63) is 74.8 Å². The van der Waals surface area contributed by atoms with Gasteiger partial charge in [-0.3, -0.25) is 15.1 Å². The van der Waals surface area contributed by atoms with Gasteiger partial charge in [0.2, 0.25) is 0 Å². The third kappa shape index (κ3) is 4.59. The summed E-state index contributed by atoms with van der Waals surface area (Å²) >= 11 is 6.25. The Hall–Kier alpha value is -2.44. The van der Waals surface area contributed by atoms with E-state index >= 15 is 0 Å². The van der Waals surface area contributed by atoms with Crippen LogP contribution in [0.1, 0.15) is 18.1 Å². The van der Waals surface area contributed by atoms with Crippen molar-refractivity contribution in [2.24, 2.45) is 5.10 Å². The van der Waals surface area contributed by atoms with Gasteiger partial charge in [-0.15, -0.1) is 0 Å². The second-order valence-corrected chi connectivity index (χ2v) is 6.87. The molecule has 0 spiro atoms. The van der Waals surface area contributed by atoms with E-state index in [0.717, 1.165) is 49.0 Å². The van der Waals surface area contributed by atoms with Gasteiger partial charge >= 0.3 is 0 Å². The van der Waals surface area contributed by atoms with Crippen molar-refractivity contribution >= 4 is 23.0 Å². The largest absolute Gasteiger partial charge is 0.328 e. The van der Waals surface area contributed by atoms with Crippen LogP contribution in [0.3, 0.4) is 0 Å². The van der Waals surface area contributed by atoms with Gasteiger partial charge in [0.25, 0.3) is 5.69 Å². The Bertz CT molecular complexity index is 799. The summed E-state index contributed by atoms with van der Waals surface area (Å²) in [6.07, 6.45) is 0. The quantitative estimate of drug-likeness (QED) is 0.497. The van der Waals surface area contributed by atoms with Crippen molar-refractivity contribution in [1.82, 2.24) is 5.01 Å². The fourth-order valence-corrected chi connectivity index (χ4v) is 3.30. The Morgan fingerprint density at radius 1 is 1.19 bits per heavy atom. The van der Waals surface area contributed by atoms with Crippen LogP contribution in [0.25, 0.3) is 0 Å². The Morgan fingerprint density at radius 2 is 1.85 bits per heavy atom. The smallest absolute Gasteiger partial charge is 0.269 e. The highest BCUT2D eigenvalue weighted by molar-refractivity contribution is 6.31. The summed E-state index contributed by atoms with van der Waals surface area (Å²) in [5.41, 5.74) is 3.05. The number of benzene rings is 2. The summed E-state index contributed by atoms with van der Waals surface area (Å²) in [6, 6.07) is 14.5.